The average molecular weight is 429 g/mol. The van der Waals surface area contributed by atoms with E-state index in [0.29, 0.717) is 42.0 Å². The van der Waals surface area contributed by atoms with E-state index in [1.807, 2.05) is 42.5 Å². The molecule has 0 fully saturated rings. The van der Waals surface area contributed by atoms with Gasteiger partial charge in [0.25, 0.3) is 0 Å². The van der Waals surface area contributed by atoms with Crippen LogP contribution in [0.1, 0.15) is 16.7 Å². The van der Waals surface area contributed by atoms with Gasteiger partial charge in [-0.05, 0) is 30.3 Å². The predicted molar refractivity (Wildman–Crippen MR) is 117 cm³/mol. The van der Waals surface area contributed by atoms with E-state index in [2.05, 4.69) is 10.3 Å². The molecule has 158 valence electrons. The van der Waals surface area contributed by atoms with E-state index in [1.54, 1.807) is 33.7 Å². The van der Waals surface area contributed by atoms with Crippen LogP contribution < -0.4 is 24.3 Å². The van der Waals surface area contributed by atoms with Gasteiger partial charge < -0.3 is 24.3 Å². The number of nitrogens with zero attached hydrogens (tertiary/aromatic N) is 1. The van der Waals surface area contributed by atoms with Gasteiger partial charge in [-0.1, -0.05) is 23.7 Å². The number of nitrogens with one attached hydrogen (secondary N) is 1. The Morgan fingerprint density at radius 3 is 2.33 bits per heavy atom. The number of rotatable bonds is 10. The predicted octanol–water partition coefficient (Wildman–Crippen LogP) is 4.63. The summed E-state index contributed by atoms with van der Waals surface area (Å²) in [6.07, 6.45) is 3.53. The van der Waals surface area contributed by atoms with Crippen LogP contribution in [0.4, 0.5) is 0 Å². The van der Waals surface area contributed by atoms with Crippen LogP contribution in [0.15, 0.2) is 54.9 Å². The fourth-order valence-electron chi connectivity index (χ4n) is 3.11. The number of hydrogen-bond donors (Lipinski definition) is 1. The number of benzene rings is 2. The summed E-state index contributed by atoms with van der Waals surface area (Å²) in [6, 6.07) is 13.3. The van der Waals surface area contributed by atoms with Crippen LogP contribution in [0.25, 0.3) is 0 Å². The second-order valence-electron chi connectivity index (χ2n) is 6.50. The van der Waals surface area contributed by atoms with Gasteiger partial charge in [0.05, 0.1) is 21.3 Å². The zero-order valence-corrected chi connectivity index (χ0v) is 18.0. The lowest BCUT2D eigenvalue weighted by atomic mass is 10.1. The first-order chi connectivity index (χ1) is 14.7. The van der Waals surface area contributed by atoms with Crippen molar-refractivity contribution in [3.05, 3.63) is 76.6 Å². The van der Waals surface area contributed by atoms with Gasteiger partial charge in [0.15, 0.2) is 11.5 Å². The van der Waals surface area contributed by atoms with Crippen molar-refractivity contribution in [2.75, 3.05) is 21.3 Å². The summed E-state index contributed by atoms with van der Waals surface area (Å²) >= 11 is 6.21. The van der Waals surface area contributed by atoms with Crippen molar-refractivity contribution in [1.29, 1.82) is 0 Å². The highest BCUT2D eigenvalue weighted by atomic mass is 35.5. The summed E-state index contributed by atoms with van der Waals surface area (Å²) in [5, 5.41) is 4.08. The summed E-state index contributed by atoms with van der Waals surface area (Å²) in [4.78, 5) is 4.11. The Morgan fingerprint density at radius 2 is 1.63 bits per heavy atom. The Morgan fingerprint density at radius 1 is 0.867 bits per heavy atom. The van der Waals surface area contributed by atoms with Gasteiger partial charge in [0.1, 0.15) is 12.4 Å². The maximum atomic E-state index is 6.21. The van der Waals surface area contributed by atoms with Crippen molar-refractivity contribution in [3.63, 3.8) is 0 Å². The lowest BCUT2D eigenvalue weighted by Crippen LogP contribution is -2.15. The highest BCUT2D eigenvalue weighted by Gasteiger charge is 2.15. The first-order valence-corrected chi connectivity index (χ1v) is 9.82. The molecule has 0 aliphatic rings. The molecule has 0 amide bonds. The Labute approximate surface area is 181 Å². The van der Waals surface area contributed by atoms with Crippen LogP contribution in [0.5, 0.6) is 23.0 Å². The summed E-state index contributed by atoms with van der Waals surface area (Å²) in [7, 11) is 4.80. The molecule has 0 aliphatic carbocycles. The van der Waals surface area contributed by atoms with Crippen molar-refractivity contribution in [2.24, 2.45) is 0 Å². The Bertz CT molecular complexity index is 967. The molecule has 0 bridgehead atoms. The minimum Gasteiger partial charge on any atom is -0.493 e. The Kier molecular flexibility index (Phi) is 7.76. The molecule has 1 N–H and O–H groups in total. The first kappa shape index (κ1) is 21.7. The molecule has 1 aromatic heterocycles. The van der Waals surface area contributed by atoms with Gasteiger partial charge in [0, 0.05) is 47.2 Å². The lowest BCUT2D eigenvalue weighted by Gasteiger charge is -2.17. The quantitative estimate of drug-likeness (QED) is 0.508. The smallest absolute Gasteiger partial charge is 0.203 e. The number of ether oxygens (including phenoxy) is 4. The van der Waals surface area contributed by atoms with Crippen LogP contribution >= 0.6 is 11.6 Å². The molecule has 3 rings (SSSR count). The molecule has 0 saturated heterocycles. The van der Waals surface area contributed by atoms with E-state index in [-0.39, 0.29) is 0 Å². The molecule has 0 atom stereocenters. The maximum Gasteiger partial charge on any atom is 0.203 e. The van der Waals surface area contributed by atoms with Crippen LogP contribution in [-0.4, -0.2) is 26.3 Å². The molecule has 6 nitrogen and oxygen atoms in total. The van der Waals surface area contributed by atoms with Gasteiger partial charge in [-0.3, -0.25) is 4.98 Å². The van der Waals surface area contributed by atoms with Gasteiger partial charge in [-0.15, -0.1) is 0 Å². The van der Waals surface area contributed by atoms with Crippen molar-refractivity contribution in [2.45, 2.75) is 19.7 Å². The minimum absolute atomic E-state index is 0.436. The molecule has 1 heterocycles. The molecule has 0 aliphatic heterocycles. The molecule has 0 saturated carbocycles. The van der Waals surface area contributed by atoms with Crippen molar-refractivity contribution in [1.82, 2.24) is 10.3 Å². The molecule has 0 unspecified atom stereocenters. The number of pyridine rings is 1. The fraction of sp³-hybridized carbons (Fsp3) is 0.261. The van der Waals surface area contributed by atoms with Crippen molar-refractivity contribution in [3.8, 4) is 23.0 Å². The van der Waals surface area contributed by atoms with Gasteiger partial charge in [-0.2, -0.15) is 0 Å². The zero-order valence-electron chi connectivity index (χ0n) is 17.3. The lowest BCUT2D eigenvalue weighted by molar-refractivity contribution is 0.301. The minimum atomic E-state index is 0.436. The number of hydrogen-bond acceptors (Lipinski definition) is 6. The summed E-state index contributed by atoms with van der Waals surface area (Å²) in [6.45, 7) is 1.57. The highest BCUT2D eigenvalue weighted by Crippen LogP contribution is 2.39. The molecular formula is C23H25ClN2O4. The molecule has 0 spiro atoms. The molecule has 30 heavy (non-hydrogen) atoms. The average Bonchev–Trinajstić information content (AvgIpc) is 2.78. The molecule has 7 heteroatoms. The van der Waals surface area contributed by atoms with Gasteiger partial charge in [0.2, 0.25) is 5.75 Å². The van der Waals surface area contributed by atoms with E-state index >= 15 is 0 Å². The Balaban J connectivity index is 1.69. The zero-order chi connectivity index (χ0) is 21.3. The van der Waals surface area contributed by atoms with Crippen LogP contribution in [0.3, 0.4) is 0 Å². The van der Waals surface area contributed by atoms with E-state index in [0.717, 1.165) is 22.4 Å². The van der Waals surface area contributed by atoms with Crippen molar-refractivity contribution >= 4 is 11.6 Å². The Hall–Kier alpha value is -2.96. The third-order valence-electron chi connectivity index (χ3n) is 4.56. The monoisotopic (exact) mass is 428 g/mol. The second kappa shape index (κ2) is 10.7. The molecule has 3 aromatic rings. The van der Waals surface area contributed by atoms with Crippen LogP contribution in [-0.2, 0) is 19.7 Å². The second-order valence-corrected chi connectivity index (χ2v) is 6.94. The van der Waals surface area contributed by atoms with Crippen LogP contribution in [0.2, 0.25) is 5.02 Å². The molecule has 2 aromatic carbocycles. The SMILES string of the molecule is COc1ccc(CNCc2cc(Cl)ccc2OCc2cccnc2)c(OC)c1OC. The van der Waals surface area contributed by atoms with E-state index in [9.17, 15) is 0 Å². The standard InChI is InChI=1S/C23H25ClN2O4/c1-27-21-8-6-17(22(28-2)23(21)29-3)13-26-14-18-11-19(24)7-9-20(18)30-15-16-5-4-10-25-12-16/h4-12,26H,13-15H2,1-3H3. The molecular weight excluding hydrogens is 404 g/mol. The summed E-state index contributed by atoms with van der Waals surface area (Å²) in [5.74, 6) is 2.61. The summed E-state index contributed by atoms with van der Waals surface area (Å²) in [5.41, 5.74) is 2.92. The largest absolute Gasteiger partial charge is 0.493 e. The first-order valence-electron chi connectivity index (χ1n) is 9.45. The van der Waals surface area contributed by atoms with Gasteiger partial charge >= 0.3 is 0 Å². The third kappa shape index (κ3) is 5.34. The van der Waals surface area contributed by atoms with E-state index in [1.165, 1.54) is 0 Å². The normalized spacial score (nSPS) is 10.5. The van der Waals surface area contributed by atoms with Crippen molar-refractivity contribution < 1.29 is 18.9 Å². The maximum absolute atomic E-state index is 6.21. The number of halogens is 1. The van der Waals surface area contributed by atoms with E-state index < -0.39 is 0 Å². The highest BCUT2D eigenvalue weighted by molar-refractivity contribution is 6.30. The number of methoxy groups -OCH3 is 3. The summed E-state index contributed by atoms with van der Waals surface area (Å²) < 4.78 is 22.3. The third-order valence-corrected chi connectivity index (χ3v) is 4.79. The molecule has 0 radical (unpaired) electrons. The fourth-order valence-corrected chi connectivity index (χ4v) is 3.30. The van der Waals surface area contributed by atoms with Gasteiger partial charge in [-0.25, -0.2) is 0 Å². The number of aromatic nitrogens is 1. The van der Waals surface area contributed by atoms with E-state index in [4.69, 9.17) is 30.5 Å². The topological polar surface area (TPSA) is 61.8 Å². The van der Waals surface area contributed by atoms with Crippen LogP contribution in [0, 0.1) is 0 Å².